The maximum absolute atomic E-state index is 11.9. The van der Waals surface area contributed by atoms with Crippen molar-refractivity contribution in [2.45, 2.75) is 20.8 Å². The van der Waals surface area contributed by atoms with Crippen LogP contribution in [0.3, 0.4) is 0 Å². The minimum Gasteiger partial charge on any atom is -0.308 e. The average Bonchev–Trinajstić information content (AvgIpc) is 2.87. The van der Waals surface area contributed by atoms with Crippen LogP contribution in [0.4, 0.5) is 5.82 Å². The minimum atomic E-state index is -0.0538. The first kappa shape index (κ1) is 13.3. The quantitative estimate of drug-likeness (QED) is 0.916. The lowest BCUT2D eigenvalue weighted by Gasteiger charge is -2.13. The number of hydrogen-bond donors (Lipinski definition) is 1. The highest BCUT2D eigenvalue weighted by Gasteiger charge is 2.17. The van der Waals surface area contributed by atoms with E-state index in [9.17, 15) is 4.79 Å². The van der Waals surface area contributed by atoms with Gasteiger partial charge in [-0.25, -0.2) is 4.68 Å². The smallest absolute Gasteiger partial charge is 0.228 e. The lowest BCUT2D eigenvalue weighted by Crippen LogP contribution is -2.24. The Morgan fingerprint density at radius 1 is 1.21 bits per heavy atom. The molecule has 1 aromatic heterocycles. The molecule has 1 unspecified atom stereocenters. The summed E-state index contributed by atoms with van der Waals surface area (Å²) in [7, 11) is 0. The number of para-hydroxylation sites is 1. The van der Waals surface area contributed by atoms with E-state index in [1.165, 1.54) is 0 Å². The molecule has 2 aromatic rings. The monoisotopic (exact) mass is 258 g/mol. The van der Waals surface area contributed by atoms with E-state index in [0.29, 0.717) is 11.7 Å². The molecule has 19 heavy (non-hydrogen) atoms. The van der Waals surface area contributed by atoms with Crippen molar-refractivity contribution in [1.29, 1.82) is 0 Å². The maximum atomic E-state index is 11.9. The highest BCUT2D eigenvalue weighted by molar-refractivity contribution is 5.91. The molecule has 0 fully saturated rings. The van der Waals surface area contributed by atoms with Gasteiger partial charge in [0.1, 0.15) is 0 Å². The zero-order chi connectivity index (χ0) is 13.8. The first-order valence-corrected chi connectivity index (χ1v) is 6.36. The van der Waals surface area contributed by atoms with E-state index in [4.69, 9.17) is 0 Å². The highest BCUT2D eigenvalue weighted by atomic mass is 16.2. The summed E-state index contributed by atoms with van der Waals surface area (Å²) in [6.07, 6.45) is 1.71. The van der Waals surface area contributed by atoms with Gasteiger partial charge in [0, 0.05) is 5.92 Å². The number of aromatic nitrogens is 3. The van der Waals surface area contributed by atoms with Gasteiger partial charge in [0.15, 0.2) is 5.82 Å². The van der Waals surface area contributed by atoms with Crippen molar-refractivity contribution in [2.75, 3.05) is 5.32 Å². The number of carbonyl (C=O) groups is 1. The van der Waals surface area contributed by atoms with Crippen molar-refractivity contribution in [1.82, 2.24) is 15.0 Å². The second-order valence-corrected chi connectivity index (χ2v) is 4.91. The lowest BCUT2D eigenvalue weighted by molar-refractivity contribution is -0.120. The van der Waals surface area contributed by atoms with E-state index in [2.05, 4.69) is 15.6 Å². The van der Waals surface area contributed by atoms with Crippen molar-refractivity contribution in [3.05, 3.63) is 36.5 Å². The molecule has 0 bridgehead atoms. The molecule has 0 saturated carbocycles. The Balaban J connectivity index is 2.08. The third kappa shape index (κ3) is 3.19. The molecule has 1 aromatic carbocycles. The summed E-state index contributed by atoms with van der Waals surface area (Å²) in [6.45, 7) is 5.94. The van der Waals surface area contributed by atoms with E-state index in [-0.39, 0.29) is 11.8 Å². The Morgan fingerprint density at radius 2 is 1.89 bits per heavy atom. The van der Waals surface area contributed by atoms with Gasteiger partial charge in [0.05, 0.1) is 11.9 Å². The van der Waals surface area contributed by atoms with E-state index < -0.39 is 0 Å². The van der Waals surface area contributed by atoms with Gasteiger partial charge in [-0.2, -0.15) is 0 Å². The Kier molecular flexibility index (Phi) is 3.94. The van der Waals surface area contributed by atoms with Crippen LogP contribution < -0.4 is 5.32 Å². The third-order valence-corrected chi connectivity index (χ3v) is 3.18. The zero-order valence-electron chi connectivity index (χ0n) is 11.4. The summed E-state index contributed by atoms with van der Waals surface area (Å²) in [5, 5.41) is 10.7. The molecule has 0 aliphatic carbocycles. The van der Waals surface area contributed by atoms with E-state index >= 15 is 0 Å². The normalized spacial score (nSPS) is 12.4. The molecular weight excluding hydrogens is 240 g/mol. The predicted octanol–water partition coefficient (Wildman–Crippen LogP) is 2.50. The van der Waals surface area contributed by atoms with E-state index in [0.717, 1.165) is 5.69 Å². The number of nitrogens with one attached hydrogen (secondary N) is 1. The average molecular weight is 258 g/mol. The molecule has 1 N–H and O–H groups in total. The van der Waals surface area contributed by atoms with Crippen LogP contribution in [0.15, 0.2) is 36.5 Å². The number of hydrogen-bond acceptors (Lipinski definition) is 3. The first-order chi connectivity index (χ1) is 9.08. The van der Waals surface area contributed by atoms with Crippen molar-refractivity contribution in [3.8, 4) is 5.69 Å². The molecule has 0 aliphatic heterocycles. The Labute approximate surface area is 112 Å². The number of benzene rings is 1. The predicted molar refractivity (Wildman–Crippen MR) is 74.0 cm³/mol. The molecule has 0 spiro atoms. The molecule has 0 aliphatic rings. The number of nitrogens with zero attached hydrogens (tertiary/aromatic N) is 3. The fourth-order valence-corrected chi connectivity index (χ4v) is 1.57. The highest BCUT2D eigenvalue weighted by Crippen LogP contribution is 2.13. The summed E-state index contributed by atoms with van der Waals surface area (Å²) < 4.78 is 1.63. The SMILES string of the molecule is CC(C)C(C)C(=O)Nc1cn(-c2ccccc2)nn1. The molecular formula is C14H18N4O. The van der Waals surface area contributed by atoms with E-state index in [1.807, 2.05) is 51.1 Å². The van der Waals surface area contributed by atoms with Crippen molar-refractivity contribution in [3.63, 3.8) is 0 Å². The summed E-state index contributed by atoms with van der Waals surface area (Å²) in [4.78, 5) is 11.9. The molecule has 2 rings (SSSR count). The van der Waals surface area contributed by atoms with Gasteiger partial charge < -0.3 is 5.32 Å². The summed E-state index contributed by atoms with van der Waals surface area (Å²) in [5.41, 5.74) is 0.910. The largest absolute Gasteiger partial charge is 0.308 e. The zero-order valence-corrected chi connectivity index (χ0v) is 11.4. The molecule has 0 radical (unpaired) electrons. The standard InChI is InChI=1S/C14H18N4O/c1-10(2)11(3)14(19)15-13-9-18(17-16-13)12-7-5-4-6-8-12/h4-11H,1-3H3,(H,15,19). The first-order valence-electron chi connectivity index (χ1n) is 6.36. The van der Waals surface area contributed by atoms with E-state index in [1.54, 1.807) is 10.9 Å². The van der Waals surface area contributed by atoms with Crippen LogP contribution in [0.25, 0.3) is 5.69 Å². The van der Waals surface area contributed by atoms with Crippen LogP contribution in [-0.2, 0) is 4.79 Å². The van der Waals surface area contributed by atoms with Crippen LogP contribution in [0.2, 0.25) is 0 Å². The summed E-state index contributed by atoms with van der Waals surface area (Å²) >= 11 is 0. The van der Waals surface area contributed by atoms with Crippen molar-refractivity contribution < 1.29 is 4.79 Å². The maximum Gasteiger partial charge on any atom is 0.228 e. The lowest BCUT2D eigenvalue weighted by atomic mass is 9.97. The van der Waals surface area contributed by atoms with Gasteiger partial charge in [0.25, 0.3) is 0 Å². The molecule has 1 amide bonds. The molecule has 100 valence electrons. The van der Waals surface area contributed by atoms with Gasteiger partial charge >= 0.3 is 0 Å². The topological polar surface area (TPSA) is 59.8 Å². The van der Waals surface area contributed by atoms with Gasteiger partial charge in [-0.05, 0) is 18.1 Å². The van der Waals surface area contributed by atoms with Crippen LogP contribution >= 0.6 is 0 Å². The molecule has 1 atom stereocenters. The number of anilines is 1. The molecule has 5 nitrogen and oxygen atoms in total. The Hall–Kier alpha value is -2.17. The van der Waals surface area contributed by atoms with Crippen LogP contribution in [0.5, 0.6) is 0 Å². The minimum absolute atomic E-state index is 0.0323. The molecule has 5 heteroatoms. The second kappa shape index (κ2) is 5.65. The van der Waals surface area contributed by atoms with Crippen LogP contribution in [0.1, 0.15) is 20.8 Å². The Bertz CT molecular complexity index is 548. The van der Waals surface area contributed by atoms with Crippen LogP contribution in [0, 0.1) is 11.8 Å². The second-order valence-electron chi connectivity index (χ2n) is 4.91. The summed E-state index contributed by atoms with van der Waals surface area (Å²) in [5.74, 6) is 0.683. The van der Waals surface area contributed by atoms with Gasteiger partial charge in [0.2, 0.25) is 5.91 Å². The number of amides is 1. The van der Waals surface area contributed by atoms with Crippen molar-refractivity contribution in [2.24, 2.45) is 11.8 Å². The van der Waals surface area contributed by atoms with Gasteiger partial charge in [-0.3, -0.25) is 4.79 Å². The third-order valence-electron chi connectivity index (χ3n) is 3.18. The van der Waals surface area contributed by atoms with Crippen LogP contribution in [-0.4, -0.2) is 20.9 Å². The number of rotatable bonds is 4. The molecule has 0 saturated heterocycles. The number of carbonyl (C=O) groups excluding carboxylic acids is 1. The fourth-order valence-electron chi connectivity index (χ4n) is 1.57. The van der Waals surface area contributed by atoms with Gasteiger partial charge in [-0.15, -0.1) is 5.10 Å². The van der Waals surface area contributed by atoms with Crippen molar-refractivity contribution >= 4 is 11.7 Å². The Morgan fingerprint density at radius 3 is 2.53 bits per heavy atom. The molecule has 1 heterocycles. The summed E-state index contributed by atoms with van der Waals surface area (Å²) in [6, 6.07) is 9.65. The fraction of sp³-hybridized carbons (Fsp3) is 0.357. The van der Waals surface area contributed by atoms with Gasteiger partial charge in [-0.1, -0.05) is 44.2 Å².